The third-order valence-electron chi connectivity index (χ3n) is 13.7. The van der Waals surface area contributed by atoms with E-state index in [0.717, 1.165) is 10.5 Å². The Kier molecular flexibility index (Phi) is 20.5. The zero-order valence-corrected chi connectivity index (χ0v) is 40.8. The van der Waals surface area contributed by atoms with Gasteiger partial charge in [0.05, 0.1) is 50.3 Å². The van der Waals surface area contributed by atoms with Crippen molar-refractivity contribution >= 4 is 47.3 Å². The SMILES string of the molecule is CC[C@H](C)[C@@H]([C@@H](CC(=O)N1CCC[C@H]1[C@H](OC)[C@@H](C)C(=O)N[C@@H](Cc1ccccc1)C(=O)OC)OC)N(C)C(=O)[C@@H](NC(=O)[C@]1(F)CCN(C(=O)CCCCCN2C(=O)C=CC2=O)C1)C(C)C. The largest absolute Gasteiger partial charge is 0.467 e. The van der Waals surface area contributed by atoms with Crippen LogP contribution in [-0.2, 0) is 59.0 Å². The second-order valence-corrected chi connectivity index (χ2v) is 18.6. The lowest BCUT2D eigenvalue weighted by Gasteiger charge is -2.41. The highest BCUT2D eigenvalue weighted by atomic mass is 19.1. The van der Waals surface area contributed by atoms with Gasteiger partial charge in [0.1, 0.15) is 12.1 Å². The minimum atomic E-state index is -2.42. The van der Waals surface area contributed by atoms with Crippen LogP contribution in [-0.4, -0.2) is 164 Å². The first-order valence-electron chi connectivity index (χ1n) is 23.7. The lowest BCUT2D eigenvalue weighted by atomic mass is 9.89. The zero-order valence-electron chi connectivity index (χ0n) is 40.8. The normalized spacial score (nSPS) is 21.4. The summed E-state index contributed by atoms with van der Waals surface area (Å²) < 4.78 is 33.3. The van der Waals surface area contributed by atoms with E-state index in [0.29, 0.717) is 45.1 Å². The van der Waals surface area contributed by atoms with E-state index in [2.05, 4.69) is 10.6 Å². The molecule has 17 nitrogen and oxygen atoms in total. The molecule has 1 aromatic carbocycles. The zero-order chi connectivity index (χ0) is 49.6. The molecule has 2 fully saturated rings. The highest BCUT2D eigenvalue weighted by Crippen LogP contribution is 2.31. The summed E-state index contributed by atoms with van der Waals surface area (Å²) in [6.45, 7) is 9.33. The Labute approximate surface area is 394 Å². The van der Waals surface area contributed by atoms with Crippen LogP contribution in [0.25, 0.3) is 0 Å². The summed E-state index contributed by atoms with van der Waals surface area (Å²) in [6.07, 6.45) is 4.35. The van der Waals surface area contributed by atoms with E-state index in [1.807, 2.05) is 44.2 Å². The van der Waals surface area contributed by atoms with Gasteiger partial charge in [0.25, 0.3) is 17.7 Å². The number of esters is 1. The Bertz CT molecular complexity index is 1920. The Morgan fingerprint density at radius 1 is 0.896 bits per heavy atom. The summed E-state index contributed by atoms with van der Waals surface area (Å²) >= 11 is 0. The van der Waals surface area contributed by atoms with Crippen molar-refractivity contribution in [3.63, 3.8) is 0 Å². The predicted octanol–water partition coefficient (Wildman–Crippen LogP) is 3.37. The van der Waals surface area contributed by atoms with Crippen LogP contribution < -0.4 is 10.6 Å². The molecule has 0 saturated carbocycles. The molecule has 0 bridgehead atoms. The fourth-order valence-corrected chi connectivity index (χ4v) is 9.50. The summed E-state index contributed by atoms with van der Waals surface area (Å²) in [5.74, 6) is -5.17. The van der Waals surface area contributed by atoms with Crippen molar-refractivity contribution in [1.82, 2.24) is 30.2 Å². The fourth-order valence-electron chi connectivity index (χ4n) is 9.50. The number of hydrogen-bond acceptors (Lipinski definition) is 11. The van der Waals surface area contributed by atoms with E-state index in [4.69, 9.17) is 14.2 Å². The Morgan fingerprint density at radius 3 is 2.16 bits per heavy atom. The van der Waals surface area contributed by atoms with Crippen molar-refractivity contribution in [1.29, 1.82) is 0 Å². The molecule has 18 heteroatoms. The molecule has 372 valence electrons. The number of alkyl halides is 1. The molecular formula is C49H73FN6O11. The first kappa shape index (κ1) is 54.4. The molecular weight excluding hydrogens is 868 g/mol. The fraction of sp³-hybridized carbons (Fsp3) is 0.673. The molecule has 3 aliphatic heterocycles. The number of methoxy groups -OCH3 is 3. The number of nitrogens with one attached hydrogen (secondary N) is 2. The average molecular weight is 941 g/mol. The van der Waals surface area contributed by atoms with Crippen molar-refractivity contribution in [3.05, 3.63) is 48.0 Å². The molecule has 4 rings (SSSR count). The average Bonchev–Trinajstić information content (AvgIpc) is 4.06. The van der Waals surface area contributed by atoms with Gasteiger partial charge in [0, 0.05) is 72.3 Å². The number of benzene rings is 1. The van der Waals surface area contributed by atoms with E-state index >= 15 is 4.39 Å². The van der Waals surface area contributed by atoms with Gasteiger partial charge in [-0.15, -0.1) is 0 Å². The maximum Gasteiger partial charge on any atom is 0.328 e. The van der Waals surface area contributed by atoms with Gasteiger partial charge in [-0.1, -0.05) is 77.8 Å². The molecule has 0 spiro atoms. The van der Waals surface area contributed by atoms with Crippen LogP contribution in [0.15, 0.2) is 42.5 Å². The van der Waals surface area contributed by atoms with Crippen molar-refractivity contribution in [2.75, 3.05) is 54.6 Å². The highest BCUT2D eigenvalue weighted by Gasteiger charge is 2.49. The van der Waals surface area contributed by atoms with Gasteiger partial charge >= 0.3 is 5.97 Å². The molecule has 3 aliphatic rings. The van der Waals surface area contributed by atoms with E-state index in [-0.39, 0.29) is 68.3 Å². The summed E-state index contributed by atoms with van der Waals surface area (Å²) in [7, 11) is 5.82. The molecule has 3 heterocycles. The van der Waals surface area contributed by atoms with Gasteiger partial charge in [-0.2, -0.15) is 0 Å². The van der Waals surface area contributed by atoms with Crippen molar-refractivity contribution in [2.24, 2.45) is 17.8 Å². The third-order valence-corrected chi connectivity index (χ3v) is 13.7. The van der Waals surface area contributed by atoms with Gasteiger partial charge in [0.2, 0.25) is 29.3 Å². The maximum atomic E-state index is 16.4. The number of unbranched alkanes of at least 4 members (excludes halogenated alkanes) is 2. The van der Waals surface area contributed by atoms with Crippen LogP contribution in [0.4, 0.5) is 4.39 Å². The van der Waals surface area contributed by atoms with Gasteiger partial charge in [-0.05, 0) is 43.1 Å². The number of likely N-dealkylation sites (tertiary alicyclic amines) is 2. The molecule has 0 radical (unpaired) electrons. The van der Waals surface area contributed by atoms with Crippen LogP contribution in [0, 0.1) is 17.8 Å². The lowest BCUT2D eigenvalue weighted by molar-refractivity contribution is -0.149. The summed E-state index contributed by atoms with van der Waals surface area (Å²) in [4.78, 5) is 111. The molecule has 1 aromatic rings. The van der Waals surface area contributed by atoms with Crippen molar-refractivity contribution in [2.45, 2.75) is 141 Å². The van der Waals surface area contributed by atoms with Crippen LogP contribution in [0.2, 0.25) is 0 Å². The van der Waals surface area contributed by atoms with Gasteiger partial charge in [0.15, 0.2) is 0 Å². The lowest BCUT2D eigenvalue weighted by Crippen LogP contribution is -2.60. The number of ether oxygens (including phenoxy) is 3. The number of hydrogen-bond donors (Lipinski definition) is 2. The third kappa shape index (κ3) is 13.9. The summed E-state index contributed by atoms with van der Waals surface area (Å²) in [5, 5.41) is 5.50. The van der Waals surface area contributed by atoms with Crippen LogP contribution in [0.3, 0.4) is 0 Å². The number of nitrogens with zero attached hydrogens (tertiary/aromatic N) is 4. The van der Waals surface area contributed by atoms with E-state index < -0.39 is 84.1 Å². The number of amides is 7. The molecule has 2 saturated heterocycles. The second kappa shape index (κ2) is 25.2. The summed E-state index contributed by atoms with van der Waals surface area (Å²) in [6, 6.07) is 6.08. The van der Waals surface area contributed by atoms with Crippen LogP contribution in [0.5, 0.6) is 0 Å². The number of carbonyl (C=O) groups excluding carboxylic acids is 8. The number of carbonyl (C=O) groups is 8. The first-order chi connectivity index (χ1) is 31.8. The molecule has 9 atom stereocenters. The Hall–Kier alpha value is -5.23. The second-order valence-electron chi connectivity index (χ2n) is 18.6. The standard InChI is InChI=1S/C49H73FN6O11/c1-10-32(4)43(37(65-7)29-41(60)55-26-17-20-36(55)44(66-8)33(5)45(61)51-35(47(63)67-9)28-34-18-13-11-14-19-34)53(6)46(62)42(31(2)3)52-48(64)49(50)24-27-54(30-49)38(57)21-15-12-16-25-56-39(58)22-23-40(56)59/h11,13-14,18-19,22-23,31-33,35-37,42-44H,10,12,15-17,20-21,24-30H2,1-9H3,(H,51,61)(H,52,64)/t32-,33+,35-,36-,37+,42-,43-,44+,49-/m0/s1. The molecule has 0 aliphatic carbocycles. The minimum absolute atomic E-state index is 0.0325. The van der Waals surface area contributed by atoms with E-state index in [1.54, 1.807) is 32.7 Å². The maximum absolute atomic E-state index is 16.4. The predicted molar refractivity (Wildman–Crippen MR) is 246 cm³/mol. The Morgan fingerprint density at radius 2 is 1.57 bits per heavy atom. The van der Waals surface area contributed by atoms with E-state index in [1.165, 1.54) is 43.3 Å². The van der Waals surface area contributed by atoms with Gasteiger partial charge in [-0.25, -0.2) is 9.18 Å². The number of imide groups is 1. The van der Waals surface area contributed by atoms with Crippen LogP contribution in [0.1, 0.15) is 98.0 Å². The topological polar surface area (TPSA) is 201 Å². The first-order valence-corrected chi connectivity index (χ1v) is 23.7. The molecule has 7 amide bonds. The quantitative estimate of drug-likeness (QED) is 0.0828. The Balaban J connectivity index is 1.38. The molecule has 67 heavy (non-hydrogen) atoms. The molecule has 0 unspecified atom stereocenters. The van der Waals surface area contributed by atoms with Crippen molar-refractivity contribution in [3.8, 4) is 0 Å². The smallest absolute Gasteiger partial charge is 0.328 e. The number of halogens is 1. The summed E-state index contributed by atoms with van der Waals surface area (Å²) in [5.41, 5.74) is -1.58. The number of rotatable bonds is 25. The minimum Gasteiger partial charge on any atom is -0.467 e. The molecule has 2 N–H and O–H groups in total. The van der Waals surface area contributed by atoms with E-state index in [9.17, 15) is 38.4 Å². The highest BCUT2D eigenvalue weighted by molar-refractivity contribution is 6.12. The number of likely N-dealkylation sites (N-methyl/N-ethyl adjacent to an activating group) is 1. The molecule has 0 aromatic heterocycles. The van der Waals surface area contributed by atoms with Crippen molar-refractivity contribution < 1.29 is 57.0 Å². The monoisotopic (exact) mass is 941 g/mol. The van der Waals surface area contributed by atoms with Gasteiger partial charge in [-0.3, -0.25) is 38.5 Å². The van der Waals surface area contributed by atoms with Gasteiger partial charge < -0.3 is 39.5 Å². The van der Waals surface area contributed by atoms with Crippen LogP contribution >= 0.6 is 0 Å².